The van der Waals surface area contributed by atoms with E-state index in [0.29, 0.717) is 18.0 Å². The summed E-state index contributed by atoms with van der Waals surface area (Å²) < 4.78 is 27.3. The lowest BCUT2D eigenvalue weighted by Gasteiger charge is -2.14. The van der Waals surface area contributed by atoms with Crippen LogP contribution in [0.3, 0.4) is 0 Å². The lowest BCUT2D eigenvalue weighted by Crippen LogP contribution is -2.31. The zero-order valence-corrected chi connectivity index (χ0v) is 9.44. The van der Waals surface area contributed by atoms with Gasteiger partial charge in [-0.2, -0.15) is 4.31 Å². The summed E-state index contributed by atoms with van der Waals surface area (Å²) in [4.78, 5) is 0.346. The van der Waals surface area contributed by atoms with Gasteiger partial charge >= 0.3 is 0 Å². The van der Waals surface area contributed by atoms with Crippen LogP contribution < -0.4 is 5.73 Å². The van der Waals surface area contributed by atoms with Crippen molar-refractivity contribution < 1.29 is 8.42 Å². The van der Waals surface area contributed by atoms with Crippen LogP contribution in [0.15, 0.2) is 23.4 Å². The third-order valence-corrected chi connectivity index (χ3v) is 4.48. The monoisotopic (exact) mass is 229 g/mol. The molecule has 84 valence electrons. The van der Waals surface area contributed by atoms with Crippen molar-refractivity contribution in [3.63, 3.8) is 0 Å². The SMILES string of the molecule is Cn1ccc(S(=O)(=O)N2CC[C@@H](N)C2)c1. The number of rotatable bonds is 2. The Kier molecular flexibility index (Phi) is 2.57. The number of hydrogen-bond acceptors (Lipinski definition) is 3. The number of hydrogen-bond donors (Lipinski definition) is 1. The smallest absolute Gasteiger partial charge is 0.244 e. The molecule has 2 N–H and O–H groups in total. The van der Waals surface area contributed by atoms with Crippen LogP contribution >= 0.6 is 0 Å². The predicted molar refractivity (Wildman–Crippen MR) is 56.8 cm³/mol. The summed E-state index contributed by atoms with van der Waals surface area (Å²) in [7, 11) is -1.52. The Bertz CT molecular complexity index is 452. The molecule has 6 heteroatoms. The molecule has 0 spiro atoms. The van der Waals surface area contributed by atoms with Gasteiger partial charge < -0.3 is 10.3 Å². The number of sulfonamides is 1. The maximum atomic E-state index is 12.1. The Balaban J connectivity index is 2.27. The summed E-state index contributed by atoms with van der Waals surface area (Å²) in [6.45, 7) is 0.954. The van der Waals surface area contributed by atoms with E-state index in [1.807, 2.05) is 0 Å². The largest absolute Gasteiger partial charge is 0.356 e. The Hall–Kier alpha value is -0.850. The first-order chi connectivity index (χ1) is 7.00. The van der Waals surface area contributed by atoms with E-state index in [-0.39, 0.29) is 6.04 Å². The molecule has 15 heavy (non-hydrogen) atoms. The van der Waals surface area contributed by atoms with Crippen molar-refractivity contribution in [3.8, 4) is 0 Å². The topological polar surface area (TPSA) is 68.3 Å². The van der Waals surface area contributed by atoms with Gasteiger partial charge in [-0.15, -0.1) is 0 Å². The van der Waals surface area contributed by atoms with E-state index in [9.17, 15) is 8.42 Å². The molecule has 1 aliphatic rings. The summed E-state index contributed by atoms with van der Waals surface area (Å²) in [6, 6.07) is 1.59. The van der Waals surface area contributed by atoms with Crippen LogP contribution in [0.25, 0.3) is 0 Å². The lowest BCUT2D eigenvalue weighted by atomic mass is 10.3. The van der Waals surface area contributed by atoms with Gasteiger partial charge in [-0.25, -0.2) is 8.42 Å². The fourth-order valence-corrected chi connectivity index (χ4v) is 3.32. The highest BCUT2D eigenvalue weighted by atomic mass is 32.2. The molecule has 1 saturated heterocycles. The van der Waals surface area contributed by atoms with Gasteiger partial charge in [0, 0.05) is 38.6 Å². The average molecular weight is 229 g/mol. The van der Waals surface area contributed by atoms with Gasteiger partial charge in [-0.3, -0.25) is 0 Å². The van der Waals surface area contributed by atoms with Crippen LogP contribution in [0.4, 0.5) is 0 Å². The molecular formula is C9H15N3O2S. The van der Waals surface area contributed by atoms with Crippen LogP contribution in [-0.4, -0.2) is 36.4 Å². The fourth-order valence-electron chi connectivity index (χ4n) is 1.75. The van der Waals surface area contributed by atoms with Crippen LogP contribution in [0.5, 0.6) is 0 Å². The normalized spacial score (nSPS) is 23.5. The molecule has 0 saturated carbocycles. The quantitative estimate of drug-likeness (QED) is 0.760. The summed E-state index contributed by atoms with van der Waals surface area (Å²) in [6.07, 6.45) is 4.08. The Morgan fingerprint density at radius 3 is 2.73 bits per heavy atom. The van der Waals surface area contributed by atoms with Crippen molar-refractivity contribution in [2.75, 3.05) is 13.1 Å². The lowest BCUT2D eigenvalue weighted by molar-refractivity contribution is 0.472. The van der Waals surface area contributed by atoms with Gasteiger partial charge in [-0.1, -0.05) is 0 Å². The van der Waals surface area contributed by atoms with Crippen molar-refractivity contribution in [2.45, 2.75) is 17.4 Å². The van der Waals surface area contributed by atoms with Gasteiger partial charge in [0.2, 0.25) is 10.0 Å². The van der Waals surface area contributed by atoms with Gasteiger partial charge in [-0.05, 0) is 12.5 Å². The number of nitrogens with two attached hydrogens (primary N) is 1. The first-order valence-electron chi connectivity index (χ1n) is 4.88. The molecule has 0 amide bonds. The van der Waals surface area contributed by atoms with Gasteiger partial charge in [0.05, 0.1) is 4.90 Å². The molecule has 0 aliphatic carbocycles. The molecule has 1 aliphatic heterocycles. The summed E-state index contributed by atoms with van der Waals surface area (Å²) >= 11 is 0. The molecule has 1 fully saturated rings. The maximum absolute atomic E-state index is 12.1. The van der Waals surface area contributed by atoms with E-state index in [1.165, 1.54) is 4.31 Å². The molecule has 2 rings (SSSR count). The third-order valence-electron chi connectivity index (χ3n) is 2.63. The summed E-state index contributed by atoms with van der Waals surface area (Å²) in [5.41, 5.74) is 5.69. The van der Waals surface area contributed by atoms with Crippen LogP contribution in [0.1, 0.15) is 6.42 Å². The van der Waals surface area contributed by atoms with Crippen molar-refractivity contribution in [1.29, 1.82) is 0 Å². The van der Waals surface area contributed by atoms with Crippen LogP contribution in [0, 0.1) is 0 Å². The Labute approximate surface area is 89.5 Å². The zero-order valence-electron chi connectivity index (χ0n) is 8.63. The highest BCUT2D eigenvalue weighted by molar-refractivity contribution is 7.89. The Morgan fingerprint density at radius 1 is 1.53 bits per heavy atom. The second-order valence-corrected chi connectivity index (χ2v) is 5.86. The number of aryl methyl sites for hydroxylation is 1. The zero-order chi connectivity index (χ0) is 11.1. The fraction of sp³-hybridized carbons (Fsp3) is 0.556. The van der Waals surface area contributed by atoms with Crippen molar-refractivity contribution in [3.05, 3.63) is 18.5 Å². The van der Waals surface area contributed by atoms with E-state index in [1.54, 1.807) is 30.1 Å². The number of aromatic nitrogens is 1. The molecule has 0 unspecified atom stereocenters. The molecule has 0 bridgehead atoms. The van der Waals surface area contributed by atoms with Crippen molar-refractivity contribution >= 4 is 10.0 Å². The standard InChI is InChI=1S/C9H15N3O2S/c1-11-4-3-9(7-11)15(13,14)12-5-2-8(10)6-12/h3-4,7-8H,2,5-6,10H2,1H3/t8-/m1/s1. The molecular weight excluding hydrogens is 214 g/mol. The minimum absolute atomic E-state index is 0.0245. The van der Waals surface area contributed by atoms with Gasteiger partial charge in [0.1, 0.15) is 0 Å². The Morgan fingerprint density at radius 2 is 2.27 bits per heavy atom. The van der Waals surface area contributed by atoms with Crippen molar-refractivity contribution in [2.24, 2.45) is 12.8 Å². The average Bonchev–Trinajstić information content (AvgIpc) is 2.74. The second kappa shape index (κ2) is 3.62. The van der Waals surface area contributed by atoms with E-state index in [4.69, 9.17) is 5.73 Å². The molecule has 0 aromatic carbocycles. The first-order valence-corrected chi connectivity index (χ1v) is 6.32. The minimum atomic E-state index is -3.32. The molecule has 0 radical (unpaired) electrons. The van der Waals surface area contributed by atoms with E-state index >= 15 is 0 Å². The molecule has 2 heterocycles. The van der Waals surface area contributed by atoms with E-state index < -0.39 is 10.0 Å². The van der Waals surface area contributed by atoms with Gasteiger partial charge in [0.25, 0.3) is 0 Å². The van der Waals surface area contributed by atoms with Crippen LogP contribution in [0.2, 0.25) is 0 Å². The van der Waals surface area contributed by atoms with Crippen molar-refractivity contribution in [1.82, 2.24) is 8.87 Å². The third kappa shape index (κ3) is 1.92. The van der Waals surface area contributed by atoms with Crippen LogP contribution in [-0.2, 0) is 17.1 Å². The maximum Gasteiger partial charge on any atom is 0.244 e. The molecule has 5 nitrogen and oxygen atoms in total. The highest BCUT2D eigenvalue weighted by Crippen LogP contribution is 2.20. The second-order valence-electron chi connectivity index (χ2n) is 3.92. The predicted octanol–water partition coefficient (Wildman–Crippen LogP) is -0.253. The summed E-state index contributed by atoms with van der Waals surface area (Å²) in [5, 5.41) is 0. The number of nitrogens with zero attached hydrogens (tertiary/aromatic N) is 2. The highest BCUT2D eigenvalue weighted by Gasteiger charge is 2.31. The molecule has 1 aromatic rings. The molecule has 1 aromatic heterocycles. The van der Waals surface area contributed by atoms with Gasteiger partial charge in [0.15, 0.2) is 0 Å². The van der Waals surface area contributed by atoms with E-state index in [2.05, 4.69) is 0 Å². The summed E-state index contributed by atoms with van der Waals surface area (Å²) in [5.74, 6) is 0. The minimum Gasteiger partial charge on any atom is -0.356 e. The molecule has 1 atom stereocenters. The van der Waals surface area contributed by atoms with E-state index in [0.717, 1.165) is 6.42 Å². The first kappa shape index (κ1) is 10.7.